The highest BCUT2D eigenvalue weighted by Crippen LogP contribution is 2.28. The van der Waals surface area contributed by atoms with E-state index in [0.717, 1.165) is 57.5 Å². The molecule has 0 saturated heterocycles. The van der Waals surface area contributed by atoms with Gasteiger partial charge in [-0.2, -0.15) is 13.2 Å². The summed E-state index contributed by atoms with van der Waals surface area (Å²) in [6.07, 6.45) is 0.628. The summed E-state index contributed by atoms with van der Waals surface area (Å²) in [4.78, 5) is 32.0. The van der Waals surface area contributed by atoms with Crippen LogP contribution in [-0.2, 0) is 30.4 Å². The monoisotopic (exact) mass is 465 g/mol. The number of alkyl halides is 3. The van der Waals surface area contributed by atoms with Crippen LogP contribution in [0.5, 0.6) is 0 Å². The minimum atomic E-state index is -4.54. The molecule has 2 heterocycles. The van der Waals surface area contributed by atoms with Crippen LogP contribution in [0.4, 0.5) is 18.9 Å². The van der Waals surface area contributed by atoms with E-state index in [1.807, 2.05) is 37.3 Å². The Morgan fingerprint density at radius 2 is 1.85 bits per heavy atom. The van der Waals surface area contributed by atoms with Crippen LogP contribution in [0.3, 0.4) is 0 Å². The second kappa shape index (κ2) is 9.21. The van der Waals surface area contributed by atoms with Crippen molar-refractivity contribution in [1.29, 1.82) is 0 Å². The van der Waals surface area contributed by atoms with Crippen LogP contribution in [0.15, 0.2) is 54.4 Å². The summed E-state index contributed by atoms with van der Waals surface area (Å²) < 4.78 is 38.1. The van der Waals surface area contributed by atoms with Crippen LogP contribution in [-0.4, -0.2) is 21.5 Å². The third-order valence-electron chi connectivity index (χ3n) is 5.78. The second-order valence-electron chi connectivity index (χ2n) is 8.31. The van der Waals surface area contributed by atoms with Crippen LogP contribution in [0.25, 0.3) is 6.08 Å². The highest BCUT2D eigenvalue weighted by molar-refractivity contribution is 6.00. The molecule has 3 aromatic rings. The molecule has 0 unspecified atom stereocenters. The predicted molar refractivity (Wildman–Crippen MR) is 122 cm³/mol. The molecule has 0 atom stereocenters. The van der Waals surface area contributed by atoms with Gasteiger partial charge in [0.15, 0.2) is 11.6 Å². The van der Waals surface area contributed by atoms with Gasteiger partial charge >= 0.3 is 6.18 Å². The van der Waals surface area contributed by atoms with Crippen molar-refractivity contribution in [2.45, 2.75) is 39.4 Å². The van der Waals surface area contributed by atoms with Crippen LogP contribution in [0, 0.1) is 6.92 Å². The molecule has 174 valence electrons. The molecule has 5 nitrogen and oxygen atoms in total. The largest absolute Gasteiger partial charge is 0.433 e. The molecule has 1 aliphatic carbocycles. The average Bonchev–Trinajstić information content (AvgIpc) is 3.23. The summed E-state index contributed by atoms with van der Waals surface area (Å²) in [5.74, 6) is -0.263. The molecule has 4 rings (SSSR count). The van der Waals surface area contributed by atoms with Gasteiger partial charge in [0.1, 0.15) is 5.69 Å². The standard InChI is InChI=1S/C26H22F3N3O2/c1-15-3-4-17(8-24(34)18-5-6-25(32-12-18)26(27,28)29)7-21(15)13-30-22-10-20-9-19(16(2)33)11-23(20)31-14-22/h3-7,9-10,12,14,30H,8,11,13H2,1-2H3. The Morgan fingerprint density at radius 1 is 1.06 bits per heavy atom. The maximum atomic E-state index is 12.7. The Labute approximate surface area is 194 Å². The number of halogens is 3. The molecule has 0 radical (unpaired) electrons. The lowest BCUT2D eigenvalue weighted by Crippen LogP contribution is -2.10. The van der Waals surface area contributed by atoms with Gasteiger partial charge in [-0.15, -0.1) is 0 Å². The first-order valence-corrected chi connectivity index (χ1v) is 10.7. The van der Waals surface area contributed by atoms with Crippen molar-refractivity contribution in [2.75, 3.05) is 5.32 Å². The highest BCUT2D eigenvalue weighted by Gasteiger charge is 2.32. The van der Waals surface area contributed by atoms with E-state index >= 15 is 0 Å². The first kappa shape index (κ1) is 23.4. The van der Waals surface area contributed by atoms with Crippen molar-refractivity contribution >= 4 is 23.3 Å². The Kier molecular flexibility index (Phi) is 6.32. The number of nitrogens with one attached hydrogen (secondary N) is 1. The van der Waals surface area contributed by atoms with Crippen LogP contribution >= 0.6 is 0 Å². The van der Waals surface area contributed by atoms with Crippen LogP contribution in [0.2, 0.25) is 0 Å². The molecule has 1 aromatic carbocycles. The number of allylic oxidation sites excluding steroid dienone is 1. The summed E-state index contributed by atoms with van der Waals surface area (Å²) in [6.45, 7) is 4.01. The Hall–Kier alpha value is -3.81. The summed E-state index contributed by atoms with van der Waals surface area (Å²) >= 11 is 0. The SMILES string of the molecule is CC(=O)C1=Cc2cc(NCc3cc(CC(=O)c4ccc(C(F)(F)F)nc4)ccc3C)cnc2C1. The smallest absolute Gasteiger partial charge is 0.380 e. The third-order valence-corrected chi connectivity index (χ3v) is 5.78. The Morgan fingerprint density at radius 3 is 2.53 bits per heavy atom. The van der Waals surface area contributed by atoms with E-state index in [1.54, 1.807) is 13.1 Å². The molecule has 1 N–H and O–H groups in total. The van der Waals surface area contributed by atoms with Crippen molar-refractivity contribution in [2.24, 2.45) is 0 Å². The molecule has 0 aliphatic heterocycles. The molecule has 1 aliphatic rings. The average molecular weight is 465 g/mol. The van der Waals surface area contributed by atoms with E-state index in [9.17, 15) is 22.8 Å². The number of aryl methyl sites for hydroxylation is 1. The highest BCUT2D eigenvalue weighted by atomic mass is 19.4. The summed E-state index contributed by atoms with van der Waals surface area (Å²) in [7, 11) is 0. The number of carbonyl (C=O) groups excluding carboxylic acids is 2. The van der Waals surface area contributed by atoms with Gasteiger partial charge in [-0.3, -0.25) is 19.6 Å². The number of hydrogen-bond acceptors (Lipinski definition) is 5. The molecule has 0 spiro atoms. The van der Waals surface area contributed by atoms with Gasteiger partial charge in [0, 0.05) is 36.7 Å². The molecule has 0 fully saturated rings. The van der Waals surface area contributed by atoms with Gasteiger partial charge in [0.2, 0.25) is 0 Å². The van der Waals surface area contributed by atoms with E-state index in [-0.39, 0.29) is 23.6 Å². The molecule has 34 heavy (non-hydrogen) atoms. The number of rotatable bonds is 7. The number of anilines is 1. The quantitative estimate of drug-likeness (QED) is 0.475. The zero-order chi connectivity index (χ0) is 24.5. The number of ketones is 2. The topological polar surface area (TPSA) is 72.0 Å². The van der Waals surface area contributed by atoms with Gasteiger partial charge in [0.25, 0.3) is 0 Å². The number of benzene rings is 1. The van der Waals surface area contributed by atoms with Crippen LogP contribution < -0.4 is 5.32 Å². The lowest BCUT2D eigenvalue weighted by molar-refractivity contribution is -0.141. The zero-order valence-corrected chi connectivity index (χ0v) is 18.7. The van der Waals surface area contributed by atoms with Crippen molar-refractivity contribution in [3.63, 3.8) is 0 Å². The molecular weight excluding hydrogens is 443 g/mol. The van der Waals surface area contributed by atoms with Crippen LogP contribution in [0.1, 0.15) is 50.9 Å². The number of hydrogen-bond donors (Lipinski definition) is 1. The lowest BCUT2D eigenvalue weighted by Gasteiger charge is -2.12. The number of pyridine rings is 2. The summed E-state index contributed by atoms with van der Waals surface area (Å²) in [6, 6.07) is 9.58. The number of nitrogens with zero attached hydrogens (tertiary/aromatic N) is 2. The molecule has 0 amide bonds. The number of aromatic nitrogens is 2. The fourth-order valence-corrected chi connectivity index (χ4v) is 3.76. The fraction of sp³-hybridized carbons (Fsp3) is 0.231. The van der Waals surface area contributed by atoms with E-state index in [0.29, 0.717) is 13.0 Å². The molecule has 0 bridgehead atoms. The predicted octanol–water partition coefficient (Wildman–Crippen LogP) is 5.37. The minimum Gasteiger partial charge on any atom is -0.380 e. The normalized spacial score (nSPS) is 12.8. The number of carbonyl (C=O) groups is 2. The Bertz CT molecular complexity index is 1300. The molecule has 8 heteroatoms. The van der Waals surface area contributed by atoms with E-state index in [1.165, 1.54) is 0 Å². The van der Waals surface area contributed by atoms with Gasteiger partial charge in [-0.25, -0.2) is 0 Å². The Balaban J connectivity index is 1.43. The maximum absolute atomic E-state index is 12.7. The second-order valence-corrected chi connectivity index (χ2v) is 8.31. The first-order chi connectivity index (χ1) is 16.1. The molecular formula is C26H22F3N3O2. The van der Waals surface area contributed by atoms with Crippen molar-refractivity contribution in [1.82, 2.24) is 9.97 Å². The number of fused-ring (bicyclic) bond motifs is 1. The van der Waals surface area contributed by atoms with Gasteiger partial charge in [-0.05, 0) is 60.4 Å². The maximum Gasteiger partial charge on any atom is 0.433 e. The lowest BCUT2D eigenvalue weighted by atomic mass is 9.99. The van der Waals surface area contributed by atoms with E-state index < -0.39 is 11.9 Å². The van der Waals surface area contributed by atoms with Gasteiger partial charge in [-0.1, -0.05) is 18.2 Å². The zero-order valence-electron chi connectivity index (χ0n) is 18.7. The van der Waals surface area contributed by atoms with Gasteiger partial charge in [0.05, 0.1) is 17.6 Å². The summed E-state index contributed by atoms with van der Waals surface area (Å²) in [5.41, 5.74) is 5.25. The van der Waals surface area contributed by atoms with E-state index in [4.69, 9.17) is 0 Å². The fourth-order valence-electron chi connectivity index (χ4n) is 3.76. The van der Waals surface area contributed by atoms with Gasteiger partial charge < -0.3 is 5.32 Å². The minimum absolute atomic E-state index is 0.0431. The first-order valence-electron chi connectivity index (χ1n) is 10.7. The number of Topliss-reactive ketones (excluding diaryl/α,β-unsaturated/α-hetero) is 2. The molecule has 2 aromatic heterocycles. The van der Waals surface area contributed by atoms with Crippen molar-refractivity contribution in [3.05, 3.63) is 93.6 Å². The molecule has 0 saturated carbocycles. The van der Waals surface area contributed by atoms with Crippen molar-refractivity contribution in [3.8, 4) is 0 Å². The van der Waals surface area contributed by atoms with Crippen molar-refractivity contribution < 1.29 is 22.8 Å². The third kappa shape index (κ3) is 5.22. The summed E-state index contributed by atoms with van der Waals surface area (Å²) in [5, 5.41) is 3.33. The van der Waals surface area contributed by atoms with E-state index in [2.05, 4.69) is 15.3 Å².